The van der Waals surface area contributed by atoms with Crippen LogP contribution < -0.4 is 15.8 Å². The van der Waals surface area contributed by atoms with Crippen LogP contribution in [-0.4, -0.2) is 29.3 Å². The molecule has 1 unspecified atom stereocenters. The summed E-state index contributed by atoms with van der Waals surface area (Å²) in [4.78, 5) is 17.4. The molecule has 5 nitrogen and oxygen atoms in total. The molecule has 2 aromatic carbocycles. The van der Waals surface area contributed by atoms with Crippen LogP contribution in [0.4, 0.5) is 11.4 Å². The van der Waals surface area contributed by atoms with Crippen molar-refractivity contribution in [1.82, 2.24) is 4.98 Å². The van der Waals surface area contributed by atoms with Crippen molar-refractivity contribution in [2.24, 2.45) is 0 Å². The monoisotopic (exact) mass is 349 g/mol. The van der Waals surface area contributed by atoms with Crippen molar-refractivity contribution in [2.45, 2.75) is 25.5 Å². The molecule has 3 aromatic rings. The molecule has 1 saturated heterocycles. The first-order chi connectivity index (χ1) is 12.7. The number of hydrogen-bond acceptors (Lipinski definition) is 4. The first-order valence-electron chi connectivity index (χ1n) is 9.07. The Morgan fingerprint density at radius 1 is 1.15 bits per heavy atom. The predicted molar refractivity (Wildman–Crippen MR) is 106 cm³/mol. The zero-order valence-corrected chi connectivity index (χ0v) is 14.6. The minimum Gasteiger partial charge on any atom is -0.391 e. The third-order valence-electron chi connectivity index (χ3n) is 4.94. The molecule has 1 aliphatic heterocycles. The highest BCUT2D eigenvalue weighted by Gasteiger charge is 2.17. The number of aromatic amines is 1. The molecule has 4 rings (SSSR count). The summed E-state index contributed by atoms with van der Waals surface area (Å²) in [6.07, 6.45) is 1.67. The van der Waals surface area contributed by atoms with Crippen molar-refractivity contribution in [3.63, 3.8) is 0 Å². The maximum atomic E-state index is 12.2. The lowest BCUT2D eigenvalue weighted by atomic mass is 10.1. The van der Waals surface area contributed by atoms with Crippen molar-refractivity contribution < 1.29 is 5.11 Å². The molecule has 1 atom stereocenters. The second-order valence-corrected chi connectivity index (χ2v) is 6.85. The normalized spacial score (nSPS) is 17.4. The number of nitrogens with zero attached hydrogens (tertiary/aromatic N) is 1. The summed E-state index contributed by atoms with van der Waals surface area (Å²) in [7, 11) is 0. The maximum Gasteiger partial charge on any atom is 0.253 e. The van der Waals surface area contributed by atoms with Gasteiger partial charge in [0.2, 0.25) is 0 Å². The Hall–Kier alpha value is -2.79. The predicted octanol–water partition coefficient (Wildman–Crippen LogP) is 3.10. The number of β-amino-alcohol motifs (C(OH)–C–C–N with tert-alkyl or cyclic N) is 1. The van der Waals surface area contributed by atoms with E-state index in [1.807, 2.05) is 42.5 Å². The lowest BCUT2D eigenvalue weighted by Gasteiger charge is -2.32. The van der Waals surface area contributed by atoms with Crippen molar-refractivity contribution >= 4 is 22.3 Å². The van der Waals surface area contributed by atoms with E-state index in [1.165, 1.54) is 0 Å². The molecule has 2 heterocycles. The van der Waals surface area contributed by atoms with Gasteiger partial charge in [0.15, 0.2) is 0 Å². The number of anilines is 2. The van der Waals surface area contributed by atoms with Gasteiger partial charge in [-0.25, -0.2) is 0 Å². The zero-order chi connectivity index (χ0) is 17.9. The Bertz CT molecular complexity index is 949. The zero-order valence-electron chi connectivity index (χ0n) is 14.6. The number of aromatic nitrogens is 1. The van der Waals surface area contributed by atoms with Crippen molar-refractivity contribution in [1.29, 1.82) is 0 Å². The fraction of sp³-hybridized carbons (Fsp3) is 0.286. The van der Waals surface area contributed by atoms with Gasteiger partial charge in [0.05, 0.1) is 6.10 Å². The number of pyridine rings is 1. The Balaban J connectivity index is 1.45. The van der Waals surface area contributed by atoms with Crippen LogP contribution in [0.1, 0.15) is 18.4 Å². The molecule has 26 heavy (non-hydrogen) atoms. The van der Waals surface area contributed by atoms with Gasteiger partial charge in [-0.15, -0.1) is 0 Å². The lowest BCUT2D eigenvalue weighted by molar-refractivity contribution is 0.154. The van der Waals surface area contributed by atoms with Crippen LogP contribution in [0.15, 0.2) is 59.4 Å². The number of piperidine rings is 1. The van der Waals surface area contributed by atoms with Gasteiger partial charge in [0, 0.05) is 42.1 Å². The Kier molecular flexibility index (Phi) is 4.63. The van der Waals surface area contributed by atoms with E-state index in [9.17, 15) is 9.90 Å². The van der Waals surface area contributed by atoms with Crippen LogP contribution >= 0.6 is 0 Å². The van der Waals surface area contributed by atoms with E-state index in [0.29, 0.717) is 18.7 Å². The van der Waals surface area contributed by atoms with Crippen LogP contribution in [0.5, 0.6) is 0 Å². The van der Waals surface area contributed by atoms with Crippen molar-refractivity contribution in [3.8, 4) is 0 Å². The highest BCUT2D eigenvalue weighted by molar-refractivity contribution is 5.78. The standard InChI is InChI=1S/C21H23N3O2/c25-19-5-3-11-24(14-19)18-9-7-17(8-10-18)22-13-16-12-15-4-1-2-6-20(15)23-21(16)26/h1-2,4,6-10,12,19,22,25H,3,5,11,13-14H2,(H,23,26). The molecular weight excluding hydrogens is 326 g/mol. The van der Waals surface area contributed by atoms with Gasteiger partial charge in [-0.05, 0) is 54.6 Å². The number of rotatable bonds is 4. The molecule has 1 fully saturated rings. The molecule has 0 bridgehead atoms. The first-order valence-corrected chi connectivity index (χ1v) is 9.07. The number of aliphatic hydroxyl groups is 1. The molecule has 3 N–H and O–H groups in total. The first kappa shape index (κ1) is 16.7. The minimum absolute atomic E-state index is 0.0601. The Labute approximate surface area is 152 Å². The number of fused-ring (bicyclic) bond motifs is 1. The van der Waals surface area contributed by atoms with E-state index in [1.54, 1.807) is 0 Å². The van der Waals surface area contributed by atoms with E-state index in [0.717, 1.165) is 41.7 Å². The average molecular weight is 349 g/mol. The molecule has 0 aliphatic carbocycles. The molecule has 5 heteroatoms. The van der Waals surface area contributed by atoms with Crippen molar-refractivity contribution in [3.05, 3.63) is 70.5 Å². The van der Waals surface area contributed by atoms with Gasteiger partial charge in [0.25, 0.3) is 5.56 Å². The summed E-state index contributed by atoms with van der Waals surface area (Å²) in [5, 5.41) is 14.2. The van der Waals surface area contributed by atoms with Gasteiger partial charge < -0.3 is 20.3 Å². The Morgan fingerprint density at radius 2 is 1.96 bits per heavy atom. The van der Waals surface area contributed by atoms with Gasteiger partial charge in [-0.3, -0.25) is 4.79 Å². The molecule has 0 radical (unpaired) electrons. The summed E-state index contributed by atoms with van der Waals surface area (Å²) in [6.45, 7) is 2.15. The van der Waals surface area contributed by atoms with Gasteiger partial charge in [-0.1, -0.05) is 18.2 Å². The van der Waals surface area contributed by atoms with E-state index in [-0.39, 0.29) is 11.7 Å². The van der Waals surface area contributed by atoms with Crippen LogP contribution in [0.2, 0.25) is 0 Å². The fourth-order valence-corrected chi connectivity index (χ4v) is 3.50. The van der Waals surface area contributed by atoms with Crippen LogP contribution in [-0.2, 0) is 6.54 Å². The summed E-state index contributed by atoms with van der Waals surface area (Å²) < 4.78 is 0. The van der Waals surface area contributed by atoms with E-state index in [4.69, 9.17) is 0 Å². The highest BCUT2D eigenvalue weighted by Crippen LogP contribution is 2.22. The second kappa shape index (κ2) is 7.22. The topological polar surface area (TPSA) is 68.4 Å². The third kappa shape index (κ3) is 3.58. The molecule has 1 aliphatic rings. The third-order valence-corrected chi connectivity index (χ3v) is 4.94. The molecule has 0 saturated carbocycles. The van der Waals surface area contributed by atoms with Crippen LogP contribution in [0.3, 0.4) is 0 Å². The van der Waals surface area contributed by atoms with Gasteiger partial charge in [-0.2, -0.15) is 0 Å². The van der Waals surface area contributed by atoms with Crippen molar-refractivity contribution in [2.75, 3.05) is 23.3 Å². The van der Waals surface area contributed by atoms with E-state index < -0.39 is 0 Å². The number of hydrogen-bond donors (Lipinski definition) is 3. The molecule has 0 amide bonds. The number of para-hydroxylation sites is 1. The van der Waals surface area contributed by atoms with Crippen LogP contribution in [0.25, 0.3) is 10.9 Å². The molecule has 0 spiro atoms. The fourth-order valence-electron chi connectivity index (χ4n) is 3.50. The lowest BCUT2D eigenvalue weighted by Crippen LogP contribution is -2.38. The largest absolute Gasteiger partial charge is 0.391 e. The Morgan fingerprint density at radius 3 is 2.77 bits per heavy atom. The second-order valence-electron chi connectivity index (χ2n) is 6.85. The molecular formula is C21H23N3O2. The van der Waals surface area contributed by atoms with E-state index in [2.05, 4.69) is 27.3 Å². The summed E-state index contributed by atoms with van der Waals surface area (Å²) in [5.74, 6) is 0. The number of benzene rings is 2. The molecule has 1 aromatic heterocycles. The molecule has 134 valence electrons. The smallest absolute Gasteiger partial charge is 0.253 e. The average Bonchev–Trinajstić information content (AvgIpc) is 2.67. The maximum absolute atomic E-state index is 12.2. The van der Waals surface area contributed by atoms with Gasteiger partial charge >= 0.3 is 0 Å². The number of aliphatic hydroxyl groups excluding tert-OH is 1. The quantitative estimate of drug-likeness (QED) is 0.677. The van der Waals surface area contributed by atoms with Gasteiger partial charge in [0.1, 0.15) is 0 Å². The number of H-pyrrole nitrogens is 1. The minimum atomic E-state index is -0.235. The van der Waals surface area contributed by atoms with Crippen LogP contribution in [0, 0.1) is 0 Å². The summed E-state index contributed by atoms with van der Waals surface area (Å²) >= 11 is 0. The summed E-state index contributed by atoms with van der Waals surface area (Å²) in [5.41, 5.74) is 3.60. The number of nitrogens with one attached hydrogen (secondary N) is 2. The highest BCUT2D eigenvalue weighted by atomic mass is 16.3. The summed E-state index contributed by atoms with van der Waals surface area (Å²) in [6, 6.07) is 17.9. The SMILES string of the molecule is O=c1[nH]c2ccccc2cc1CNc1ccc(N2CCCC(O)C2)cc1. The van der Waals surface area contributed by atoms with E-state index >= 15 is 0 Å².